The minimum absolute atomic E-state index is 0.232. The third kappa shape index (κ3) is 7.85. The number of thiophene rings is 2. The number of fused-ring (bicyclic) bond motifs is 14. The first-order valence-electron chi connectivity index (χ1n) is 30.8. The van der Waals surface area contributed by atoms with Crippen molar-refractivity contribution in [2.24, 2.45) is 0 Å². The SMILES string of the molecule is c1ccc(-c2ccc(-c3cccc(-c4ccc(-c5ccccc5)cc4)c3N3c4cc5c(cc4B4c6cc7sc8ccccc8c7cc6N(c6c(-c7ccccc7)cccc6-c6ccccc6)c6cc7c(oc8ccccc87)c3c64)sc3ccccc35)cc2)cc1. The Hall–Kier alpha value is -11.0. The van der Waals surface area contributed by atoms with Gasteiger partial charge in [-0.05, 0) is 109 Å². The Balaban J connectivity index is 0.996. The van der Waals surface area contributed by atoms with E-state index in [4.69, 9.17) is 4.42 Å². The summed E-state index contributed by atoms with van der Waals surface area (Å²) in [5, 5.41) is 7.13. The predicted octanol–water partition coefficient (Wildman–Crippen LogP) is 22.4. The van der Waals surface area contributed by atoms with Crippen molar-refractivity contribution in [3.8, 4) is 66.8 Å². The monoisotopic (exact) mass is 1180 g/mol. The summed E-state index contributed by atoms with van der Waals surface area (Å²) in [4.78, 5) is 5.32. The molecule has 0 fully saturated rings. The molecular weight excluding hydrogens is 1130 g/mol. The van der Waals surface area contributed by atoms with Crippen LogP contribution in [-0.4, -0.2) is 6.71 Å². The fourth-order valence-corrected chi connectivity index (χ4v) is 17.1. The summed E-state index contributed by atoms with van der Waals surface area (Å²) in [6.07, 6.45) is 0. The Morgan fingerprint density at radius 1 is 0.256 bits per heavy atom. The molecule has 0 spiro atoms. The topological polar surface area (TPSA) is 19.6 Å². The lowest BCUT2D eigenvalue weighted by Crippen LogP contribution is -2.61. The van der Waals surface area contributed by atoms with Crippen molar-refractivity contribution in [1.29, 1.82) is 0 Å². The molecule has 0 bridgehead atoms. The van der Waals surface area contributed by atoms with Crippen LogP contribution in [0.4, 0.5) is 34.1 Å². The summed E-state index contributed by atoms with van der Waals surface area (Å²) in [5.74, 6) is 0. The van der Waals surface area contributed by atoms with E-state index in [1.807, 2.05) is 22.7 Å². The van der Waals surface area contributed by atoms with Crippen LogP contribution in [0.3, 0.4) is 0 Å². The zero-order valence-electron chi connectivity index (χ0n) is 48.6. The van der Waals surface area contributed by atoms with Crippen molar-refractivity contribution in [3.63, 3.8) is 0 Å². The van der Waals surface area contributed by atoms with Crippen LogP contribution in [0.15, 0.2) is 314 Å². The number of rotatable bonds is 8. The second kappa shape index (κ2) is 20.3. The molecule has 0 saturated carbocycles. The Kier molecular flexibility index (Phi) is 11.5. The van der Waals surface area contributed by atoms with E-state index in [2.05, 4.69) is 319 Å². The molecule has 418 valence electrons. The van der Waals surface area contributed by atoms with E-state index in [-0.39, 0.29) is 6.71 Å². The van der Waals surface area contributed by atoms with E-state index >= 15 is 0 Å². The van der Waals surface area contributed by atoms with E-state index in [0.717, 1.165) is 101 Å². The van der Waals surface area contributed by atoms with Gasteiger partial charge in [0.2, 0.25) is 0 Å². The van der Waals surface area contributed by atoms with Crippen LogP contribution in [0.5, 0.6) is 0 Å². The molecule has 3 aromatic heterocycles. The smallest absolute Gasteiger partial charge is 0.252 e. The van der Waals surface area contributed by atoms with Crippen LogP contribution < -0.4 is 26.2 Å². The lowest BCUT2D eigenvalue weighted by molar-refractivity contribution is 0.669. The lowest BCUT2D eigenvalue weighted by atomic mass is 9.33. The quantitative estimate of drug-likeness (QED) is 0.141. The molecular formula is C84H51BN2OS2. The standard InChI is InChI=1S/C84H51BN2OS2/c1-5-21-52(22-6-1)54-39-43-58(44-40-54)62-34-20-35-63(59-45-41-55(42-46-59)53-23-7-2-8-24-53)82(62)87-73-48-68-66-31-15-18-38-77(66)90-79(68)51-71(73)85-70-50-78-67(65-30-14-17-37-76(65)89-78)47-72(70)86(74-49-69-64-29-13-16-36-75(64)88-84(69)83(87)80(74)85)81-60(56-25-9-3-10-26-56)32-19-33-61(81)57-27-11-4-12-28-57/h1-51H. The summed E-state index contributed by atoms with van der Waals surface area (Å²) in [6.45, 7) is -0.232. The van der Waals surface area contributed by atoms with Crippen LogP contribution in [0.25, 0.3) is 129 Å². The lowest BCUT2D eigenvalue weighted by Gasteiger charge is -2.45. The van der Waals surface area contributed by atoms with Crippen LogP contribution >= 0.6 is 22.7 Å². The second-order valence-electron chi connectivity index (χ2n) is 23.8. The maximum Gasteiger partial charge on any atom is 0.252 e. The van der Waals surface area contributed by atoms with Gasteiger partial charge in [0, 0.05) is 90.4 Å². The van der Waals surface area contributed by atoms with E-state index in [1.165, 1.54) is 79.0 Å². The Morgan fingerprint density at radius 3 is 1.11 bits per heavy atom. The molecule has 0 unspecified atom stereocenters. The minimum Gasteiger partial charge on any atom is -0.454 e. The van der Waals surface area contributed by atoms with Crippen molar-refractivity contribution in [3.05, 3.63) is 309 Å². The molecule has 0 atom stereocenters. The highest BCUT2D eigenvalue weighted by Crippen LogP contribution is 2.57. The van der Waals surface area contributed by atoms with Gasteiger partial charge in [-0.25, -0.2) is 0 Å². The van der Waals surface area contributed by atoms with E-state index in [9.17, 15) is 0 Å². The summed E-state index contributed by atoms with van der Waals surface area (Å²) in [7, 11) is 0. The molecule has 5 heterocycles. The number of furan rings is 1. The van der Waals surface area contributed by atoms with Gasteiger partial charge in [0.25, 0.3) is 6.71 Å². The molecule has 19 rings (SSSR count). The molecule has 0 saturated heterocycles. The maximum absolute atomic E-state index is 7.62. The Morgan fingerprint density at radius 2 is 0.622 bits per heavy atom. The molecule has 6 heteroatoms. The number of para-hydroxylation sites is 3. The highest BCUT2D eigenvalue weighted by molar-refractivity contribution is 7.26. The normalized spacial score (nSPS) is 12.6. The average molecular weight is 1180 g/mol. The summed E-state index contributed by atoms with van der Waals surface area (Å²) >= 11 is 3.78. The second-order valence-corrected chi connectivity index (χ2v) is 25.9. The number of nitrogens with zero attached hydrogens (tertiary/aromatic N) is 2. The summed E-state index contributed by atoms with van der Waals surface area (Å²) < 4.78 is 12.7. The summed E-state index contributed by atoms with van der Waals surface area (Å²) in [5.41, 5.74) is 25.8. The molecule has 0 radical (unpaired) electrons. The largest absolute Gasteiger partial charge is 0.454 e. The van der Waals surface area contributed by atoms with Crippen molar-refractivity contribution in [2.75, 3.05) is 9.80 Å². The Bertz CT molecular complexity index is 5560. The van der Waals surface area contributed by atoms with Gasteiger partial charge >= 0.3 is 0 Å². The molecule has 3 nitrogen and oxygen atoms in total. The number of hydrogen-bond donors (Lipinski definition) is 0. The van der Waals surface area contributed by atoms with Gasteiger partial charge in [0.15, 0.2) is 5.58 Å². The molecule has 0 aliphatic carbocycles. The third-order valence-corrected chi connectivity index (χ3v) is 21.1. The van der Waals surface area contributed by atoms with Gasteiger partial charge in [-0.15, -0.1) is 22.7 Å². The number of benzene rings is 14. The molecule has 0 N–H and O–H groups in total. The van der Waals surface area contributed by atoms with Gasteiger partial charge < -0.3 is 14.2 Å². The van der Waals surface area contributed by atoms with Crippen LogP contribution in [0.2, 0.25) is 0 Å². The molecule has 90 heavy (non-hydrogen) atoms. The van der Waals surface area contributed by atoms with Crippen molar-refractivity contribution >= 4 is 142 Å². The van der Waals surface area contributed by atoms with E-state index in [0.29, 0.717) is 0 Å². The van der Waals surface area contributed by atoms with Crippen molar-refractivity contribution in [1.82, 2.24) is 0 Å². The van der Waals surface area contributed by atoms with Crippen LogP contribution in [-0.2, 0) is 0 Å². The van der Waals surface area contributed by atoms with Gasteiger partial charge in [-0.1, -0.05) is 261 Å². The zero-order chi connectivity index (χ0) is 59.0. The first kappa shape index (κ1) is 51.1. The fraction of sp³-hybridized carbons (Fsp3) is 0. The van der Waals surface area contributed by atoms with Gasteiger partial charge in [-0.2, -0.15) is 0 Å². The highest BCUT2D eigenvalue weighted by atomic mass is 32.1. The molecule has 14 aromatic carbocycles. The highest BCUT2D eigenvalue weighted by Gasteiger charge is 2.47. The molecule has 0 amide bonds. The van der Waals surface area contributed by atoms with E-state index < -0.39 is 0 Å². The number of anilines is 6. The minimum atomic E-state index is -0.232. The average Bonchev–Trinajstić information content (AvgIpc) is 1.22. The van der Waals surface area contributed by atoms with Gasteiger partial charge in [0.05, 0.1) is 17.1 Å². The fourth-order valence-electron chi connectivity index (χ4n) is 14.8. The molecule has 2 aliphatic heterocycles. The van der Waals surface area contributed by atoms with Crippen molar-refractivity contribution < 1.29 is 4.42 Å². The Labute approximate surface area is 528 Å². The zero-order valence-corrected chi connectivity index (χ0v) is 50.3. The van der Waals surface area contributed by atoms with E-state index in [1.54, 1.807) is 0 Å². The predicted molar refractivity (Wildman–Crippen MR) is 386 cm³/mol. The first-order chi connectivity index (χ1) is 44.6. The van der Waals surface area contributed by atoms with Gasteiger partial charge in [-0.3, -0.25) is 0 Å². The maximum atomic E-state index is 7.62. The van der Waals surface area contributed by atoms with Crippen LogP contribution in [0, 0.1) is 0 Å². The van der Waals surface area contributed by atoms with Crippen LogP contribution in [0.1, 0.15) is 0 Å². The van der Waals surface area contributed by atoms with Gasteiger partial charge in [0.1, 0.15) is 5.58 Å². The molecule has 17 aromatic rings. The molecule has 2 aliphatic rings. The first-order valence-corrected chi connectivity index (χ1v) is 32.5. The number of hydrogen-bond acceptors (Lipinski definition) is 5. The third-order valence-electron chi connectivity index (χ3n) is 18.9. The van der Waals surface area contributed by atoms with Crippen molar-refractivity contribution in [2.45, 2.75) is 0 Å². The summed E-state index contributed by atoms with van der Waals surface area (Å²) in [6, 6.07) is 115.